The zero-order valence-corrected chi connectivity index (χ0v) is 11.4. The molecule has 0 aliphatic heterocycles. The standard InChI is InChI=1S/C12H19N3O3/c1-8-13-6-9(11(17)18-5)15(8)7-10(16)14-12(2,3)4/h6H,7H2,1-5H3,(H,14,16). The summed E-state index contributed by atoms with van der Waals surface area (Å²) in [5.41, 5.74) is -0.0316. The van der Waals surface area contributed by atoms with Gasteiger partial charge in [-0.1, -0.05) is 0 Å². The summed E-state index contributed by atoms with van der Waals surface area (Å²) in [6, 6.07) is 0. The first-order valence-electron chi connectivity index (χ1n) is 5.66. The molecule has 0 radical (unpaired) electrons. The van der Waals surface area contributed by atoms with Gasteiger partial charge in [0.05, 0.1) is 13.3 Å². The lowest BCUT2D eigenvalue weighted by atomic mass is 10.1. The van der Waals surface area contributed by atoms with Crippen molar-refractivity contribution in [2.24, 2.45) is 0 Å². The fourth-order valence-electron chi connectivity index (χ4n) is 1.54. The highest BCUT2D eigenvalue weighted by atomic mass is 16.5. The van der Waals surface area contributed by atoms with Crippen molar-refractivity contribution in [3.05, 3.63) is 17.7 Å². The summed E-state index contributed by atoms with van der Waals surface area (Å²) in [6.45, 7) is 7.47. The van der Waals surface area contributed by atoms with E-state index in [1.165, 1.54) is 17.9 Å². The van der Waals surface area contributed by atoms with E-state index >= 15 is 0 Å². The van der Waals surface area contributed by atoms with E-state index in [2.05, 4.69) is 15.0 Å². The van der Waals surface area contributed by atoms with Crippen molar-refractivity contribution in [3.8, 4) is 0 Å². The molecule has 1 N–H and O–H groups in total. The third-order valence-corrected chi connectivity index (χ3v) is 2.27. The third kappa shape index (κ3) is 3.58. The van der Waals surface area contributed by atoms with Gasteiger partial charge in [0.25, 0.3) is 0 Å². The SMILES string of the molecule is COC(=O)c1cnc(C)n1CC(=O)NC(C)(C)C. The number of imidazole rings is 1. The van der Waals surface area contributed by atoms with Gasteiger partial charge in [-0.3, -0.25) is 4.79 Å². The summed E-state index contributed by atoms with van der Waals surface area (Å²) >= 11 is 0. The van der Waals surface area contributed by atoms with Crippen molar-refractivity contribution >= 4 is 11.9 Å². The molecule has 1 rings (SSSR count). The fraction of sp³-hybridized carbons (Fsp3) is 0.583. The summed E-state index contributed by atoms with van der Waals surface area (Å²) in [5.74, 6) is -0.0765. The number of rotatable bonds is 3. The van der Waals surface area contributed by atoms with Crippen LogP contribution in [0.25, 0.3) is 0 Å². The van der Waals surface area contributed by atoms with Crippen molar-refractivity contribution in [2.45, 2.75) is 39.8 Å². The van der Waals surface area contributed by atoms with E-state index in [9.17, 15) is 9.59 Å². The molecule has 18 heavy (non-hydrogen) atoms. The molecule has 0 saturated carbocycles. The minimum Gasteiger partial charge on any atom is -0.464 e. The Morgan fingerprint density at radius 1 is 1.44 bits per heavy atom. The Kier molecular flexibility index (Phi) is 4.11. The lowest BCUT2D eigenvalue weighted by Gasteiger charge is -2.21. The second-order valence-electron chi connectivity index (χ2n) is 5.07. The number of nitrogens with zero attached hydrogens (tertiary/aromatic N) is 2. The van der Waals surface area contributed by atoms with E-state index in [1.54, 1.807) is 6.92 Å². The molecular weight excluding hydrogens is 234 g/mol. The van der Waals surface area contributed by atoms with Gasteiger partial charge >= 0.3 is 5.97 Å². The summed E-state index contributed by atoms with van der Waals surface area (Å²) in [4.78, 5) is 27.3. The smallest absolute Gasteiger partial charge is 0.356 e. The second-order valence-corrected chi connectivity index (χ2v) is 5.07. The molecule has 1 aromatic heterocycles. The van der Waals surface area contributed by atoms with E-state index in [-0.39, 0.29) is 23.7 Å². The average Bonchev–Trinajstić information content (AvgIpc) is 2.57. The van der Waals surface area contributed by atoms with Gasteiger partial charge in [0.2, 0.25) is 5.91 Å². The maximum Gasteiger partial charge on any atom is 0.356 e. The van der Waals surface area contributed by atoms with Gasteiger partial charge in [-0.15, -0.1) is 0 Å². The molecule has 0 atom stereocenters. The number of amides is 1. The highest BCUT2D eigenvalue weighted by Gasteiger charge is 2.19. The zero-order valence-electron chi connectivity index (χ0n) is 11.4. The normalized spacial score (nSPS) is 11.2. The maximum absolute atomic E-state index is 11.8. The molecule has 1 heterocycles. The van der Waals surface area contributed by atoms with Crippen molar-refractivity contribution < 1.29 is 14.3 Å². The number of esters is 1. The van der Waals surface area contributed by atoms with Crippen LogP contribution in [-0.2, 0) is 16.1 Å². The Hall–Kier alpha value is -1.85. The van der Waals surface area contributed by atoms with Crippen LogP contribution in [0, 0.1) is 6.92 Å². The molecular formula is C12H19N3O3. The van der Waals surface area contributed by atoms with Crippen molar-refractivity contribution in [1.82, 2.24) is 14.9 Å². The fourth-order valence-corrected chi connectivity index (χ4v) is 1.54. The Morgan fingerprint density at radius 3 is 2.56 bits per heavy atom. The number of aryl methyl sites for hydroxylation is 1. The van der Waals surface area contributed by atoms with Crippen LogP contribution in [0.4, 0.5) is 0 Å². The number of hydrogen-bond donors (Lipinski definition) is 1. The monoisotopic (exact) mass is 253 g/mol. The van der Waals surface area contributed by atoms with Crippen LogP contribution in [0.1, 0.15) is 37.1 Å². The molecule has 0 fully saturated rings. The largest absolute Gasteiger partial charge is 0.464 e. The van der Waals surface area contributed by atoms with Crippen LogP contribution in [0.15, 0.2) is 6.20 Å². The van der Waals surface area contributed by atoms with Gasteiger partial charge in [-0.05, 0) is 27.7 Å². The van der Waals surface area contributed by atoms with Gasteiger partial charge < -0.3 is 14.6 Å². The quantitative estimate of drug-likeness (QED) is 0.812. The van der Waals surface area contributed by atoms with Crippen molar-refractivity contribution in [3.63, 3.8) is 0 Å². The highest BCUT2D eigenvalue weighted by molar-refractivity contribution is 5.88. The van der Waals surface area contributed by atoms with Crippen molar-refractivity contribution in [1.29, 1.82) is 0 Å². The number of nitrogens with one attached hydrogen (secondary N) is 1. The summed E-state index contributed by atoms with van der Waals surface area (Å²) in [7, 11) is 1.30. The van der Waals surface area contributed by atoms with Crippen LogP contribution in [0.3, 0.4) is 0 Å². The molecule has 0 aromatic carbocycles. The lowest BCUT2D eigenvalue weighted by Crippen LogP contribution is -2.42. The molecule has 6 heteroatoms. The van der Waals surface area contributed by atoms with Crippen molar-refractivity contribution in [2.75, 3.05) is 7.11 Å². The van der Waals surface area contributed by atoms with Crippen LogP contribution < -0.4 is 5.32 Å². The molecule has 0 unspecified atom stereocenters. The summed E-state index contributed by atoms with van der Waals surface area (Å²) in [6.07, 6.45) is 1.41. The first-order valence-corrected chi connectivity index (χ1v) is 5.66. The molecule has 0 spiro atoms. The average molecular weight is 253 g/mol. The van der Waals surface area contributed by atoms with Gasteiger partial charge in [0.1, 0.15) is 18.1 Å². The molecule has 0 bridgehead atoms. The van der Waals surface area contributed by atoms with Gasteiger partial charge in [0.15, 0.2) is 0 Å². The van der Waals surface area contributed by atoms with Gasteiger partial charge in [-0.2, -0.15) is 0 Å². The highest BCUT2D eigenvalue weighted by Crippen LogP contribution is 2.07. The van der Waals surface area contributed by atoms with Crippen LogP contribution >= 0.6 is 0 Å². The van der Waals surface area contributed by atoms with E-state index in [4.69, 9.17) is 0 Å². The molecule has 1 amide bonds. The number of carbonyl (C=O) groups is 2. The number of carbonyl (C=O) groups excluding carboxylic acids is 2. The van der Waals surface area contributed by atoms with Gasteiger partial charge in [0, 0.05) is 5.54 Å². The Balaban J connectivity index is 2.87. The Morgan fingerprint density at radius 2 is 2.06 bits per heavy atom. The Bertz CT molecular complexity index is 458. The van der Waals surface area contributed by atoms with Crippen LogP contribution in [0.5, 0.6) is 0 Å². The molecule has 100 valence electrons. The van der Waals surface area contributed by atoms with E-state index in [1.807, 2.05) is 20.8 Å². The second kappa shape index (κ2) is 5.20. The molecule has 0 saturated heterocycles. The predicted octanol–water partition coefficient (Wildman–Crippen LogP) is 0.893. The maximum atomic E-state index is 11.8. The number of aromatic nitrogens is 2. The van der Waals surface area contributed by atoms with E-state index in [0.29, 0.717) is 5.82 Å². The number of hydrogen-bond acceptors (Lipinski definition) is 4. The molecule has 0 aliphatic carbocycles. The predicted molar refractivity (Wildman–Crippen MR) is 66.2 cm³/mol. The molecule has 6 nitrogen and oxygen atoms in total. The van der Waals surface area contributed by atoms with E-state index < -0.39 is 5.97 Å². The minimum atomic E-state index is -0.501. The van der Waals surface area contributed by atoms with Crippen LogP contribution in [-0.4, -0.2) is 34.1 Å². The minimum absolute atomic E-state index is 0.0491. The topological polar surface area (TPSA) is 73.2 Å². The van der Waals surface area contributed by atoms with Gasteiger partial charge in [-0.25, -0.2) is 9.78 Å². The third-order valence-electron chi connectivity index (χ3n) is 2.27. The number of methoxy groups -OCH3 is 1. The van der Waals surface area contributed by atoms with Crippen LogP contribution in [0.2, 0.25) is 0 Å². The lowest BCUT2D eigenvalue weighted by molar-refractivity contribution is -0.123. The first-order chi connectivity index (χ1) is 8.24. The molecule has 0 aliphatic rings. The van der Waals surface area contributed by atoms with E-state index in [0.717, 1.165) is 0 Å². The zero-order chi connectivity index (χ0) is 13.9. The summed E-state index contributed by atoms with van der Waals surface area (Å²) in [5, 5.41) is 2.83. The number of ether oxygens (including phenoxy) is 1. The summed E-state index contributed by atoms with van der Waals surface area (Å²) < 4.78 is 6.18. The first kappa shape index (κ1) is 14.2. The molecule has 1 aromatic rings. The Labute approximate surface area is 106 Å².